The van der Waals surface area contributed by atoms with Crippen LogP contribution in [0.4, 0.5) is 13.2 Å². The van der Waals surface area contributed by atoms with Gasteiger partial charge in [0.1, 0.15) is 17.6 Å². The van der Waals surface area contributed by atoms with Crippen molar-refractivity contribution in [3.8, 4) is 11.5 Å². The summed E-state index contributed by atoms with van der Waals surface area (Å²) in [6, 6.07) is 3.14. The van der Waals surface area contributed by atoms with Crippen molar-refractivity contribution < 1.29 is 30.5 Å². The molecule has 1 unspecified atom stereocenters. The molecule has 9 heteroatoms. The van der Waals surface area contributed by atoms with Crippen LogP contribution in [-0.4, -0.2) is 20.0 Å². The Kier molecular flexibility index (Phi) is 3.13. The fourth-order valence-corrected chi connectivity index (χ4v) is 2.10. The highest BCUT2D eigenvalue weighted by Crippen LogP contribution is 2.38. The maximum atomic E-state index is 12.2. The zero-order chi connectivity index (χ0) is 14.4. The van der Waals surface area contributed by atoms with Crippen LogP contribution in [0.25, 0.3) is 0 Å². The van der Waals surface area contributed by atoms with Crippen LogP contribution in [0, 0.1) is 0 Å². The zero-order valence-corrected chi connectivity index (χ0v) is 10.5. The minimum absolute atomic E-state index is 0.217. The molecular weight excluding hydrogens is 287 g/mol. The molecule has 0 aliphatic carbocycles. The Hall–Kier alpha value is -1.48. The molecule has 0 aromatic heterocycles. The van der Waals surface area contributed by atoms with Gasteiger partial charge in [0.15, 0.2) is 0 Å². The number of ether oxygens (including phenoxy) is 1. The molecular formula is C10H10F3NO4S. The summed E-state index contributed by atoms with van der Waals surface area (Å²) in [7, 11) is -5.68. The summed E-state index contributed by atoms with van der Waals surface area (Å²) in [5.41, 5.74) is 0.884. The lowest BCUT2D eigenvalue weighted by Crippen LogP contribution is -2.28. The highest BCUT2D eigenvalue weighted by atomic mass is 32.2. The molecule has 2 rings (SSSR count). The Bertz CT molecular complexity index is 599. The average molecular weight is 297 g/mol. The van der Waals surface area contributed by atoms with E-state index in [4.69, 9.17) is 10.5 Å². The number of nitrogens with two attached hydrogens (primary N) is 1. The Balaban J connectivity index is 2.29. The van der Waals surface area contributed by atoms with Gasteiger partial charge >= 0.3 is 15.6 Å². The average Bonchev–Trinajstić information content (AvgIpc) is 2.52. The van der Waals surface area contributed by atoms with Crippen LogP contribution in [0.2, 0.25) is 0 Å². The highest BCUT2D eigenvalue weighted by molar-refractivity contribution is 7.87. The van der Waals surface area contributed by atoms with Gasteiger partial charge in [0.05, 0.1) is 6.04 Å². The molecule has 2 N–H and O–H groups in total. The lowest BCUT2D eigenvalue weighted by Gasteiger charge is -2.10. The van der Waals surface area contributed by atoms with Crippen molar-refractivity contribution in [2.75, 3.05) is 0 Å². The lowest BCUT2D eigenvalue weighted by atomic mass is 10.1. The standard InChI is InChI=1S/C10H10F3NO4S/c1-5-9(14)7-3-2-6(4-8(7)17-5)18-19(15,16)10(11,12)13/h2-5,9H,14H2,1H3/t5?,9-/m1/s1. The second-order valence-corrected chi connectivity index (χ2v) is 5.57. The maximum absolute atomic E-state index is 12.2. The van der Waals surface area contributed by atoms with Gasteiger partial charge in [-0.15, -0.1) is 0 Å². The van der Waals surface area contributed by atoms with E-state index in [1.54, 1.807) is 6.92 Å². The van der Waals surface area contributed by atoms with E-state index in [-0.39, 0.29) is 11.9 Å². The van der Waals surface area contributed by atoms with Crippen LogP contribution in [0.3, 0.4) is 0 Å². The van der Waals surface area contributed by atoms with E-state index in [1.165, 1.54) is 6.07 Å². The van der Waals surface area contributed by atoms with Crippen LogP contribution in [0.15, 0.2) is 18.2 Å². The van der Waals surface area contributed by atoms with Gasteiger partial charge in [-0.05, 0) is 19.1 Å². The Morgan fingerprint density at radius 3 is 2.58 bits per heavy atom. The molecule has 0 amide bonds. The molecule has 1 aromatic carbocycles. The molecule has 0 fully saturated rings. The minimum Gasteiger partial charge on any atom is -0.488 e. The third-order valence-electron chi connectivity index (χ3n) is 2.65. The van der Waals surface area contributed by atoms with Crippen molar-refractivity contribution in [2.24, 2.45) is 5.73 Å². The van der Waals surface area contributed by atoms with Gasteiger partial charge in [-0.2, -0.15) is 21.6 Å². The van der Waals surface area contributed by atoms with E-state index in [1.807, 2.05) is 0 Å². The molecule has 2 atom stereocenters. The molecule has 0 saturated carbocycles. The van der Waals surface area contributed by atoms with Gasteiger partial charge in [0.25, 0.3) is 0 Å². The monoisotopic (exact) mass is 297 g/mol. The smallest absolute Gasteiger partial charge is 0.488 e. The Morgan fingerprint density at radius 2 is 2.00 bits per heavy atom. The summed E-state index contributed by atoms with van der Waals surface area (Å²) in [5, 5.41) is 0. The van der Waals surface area contributed by atoms with Gasteiger partial charge in [0.2, 0.25) is 0 Å². The van der Waals surface area contributed by atoms with Crippen molar-refractivity contribution in [3.63, 3.8) is 0 Å². The number of alkyl halides is 3. The molecule has 1 heterocycles. The normalized spacial score (nSPS) is 22.8. The fourth-order valence-electron chi connectivity index (χ4n) is 1.64. The fraction of sp³-hybridized carbons (Fsp3) is 0.400. The summed E-state index contributed by atoms with van der Waals surface area (Å²) >= 11 is 0. The number of hydrogen-bond acceptors (Lipinski definition) is 5. The van der Waals surface area contributed by atoms with Gasteiger partial charge in [0, 0.05) is 11.6 Å². The third-order valence-corrected chi connectivity index (χ3v) is 3.63. The van der Waals surface area contributed by atoms with Crippen molar-refractivity contribution in [1.29, 1.82) is 0 Å². The highest BCUT2D eigenvalue weighted by Gasteiger charge is 2.48. The number of benzene rings is 1. The maximum Gasteiger partial charge on any atom is 0.534 e. The van der Waals surface area contributed by atoms with Gasteiger partial charge < -0.3 is 14.7 Å². The molecule has 5 nitrogen and oxygen atoms in total. The molecule has 0 bridgehead atoms. The van der Waals surface area contributed by atoms with Gasteiger partial charge in [-0.25, -0.2) is 0 Å². The van der Waals surface area contributed by atoms with E-state index in [9.17, 15) is 21.6 Å². The van der Waals surface area contributed by atoms with Crippen molar-refractivity contribution in [1.82, 2.24) is 0 Å². The molecule has 1 aromatic rings. The Labute approximate surface area is 107 Å². The first kappa shape index (κ1) is 13.9. The molecule has 1 aliphatic rings. The SMILES string of the molecule is CC1Oc2cc(OS(=O)(=O)C(F)(F)F)ccc2[C@@H]1N. The van der Waals surface area contributed by atoms with Crippen molar-refractivity contribution in [2.45, 2.75) is 24.6 Å². The molecule has 106 valence electrons. The second-order valence-electron chi connectivity index (χ2n) is 4.03. The predicted octanol–water partition coefficient (Wildman–Crippen LogP) is 1.70. The van der Waals surface area contributed by atoms with E-state index < -0.39 is 27.4 Å². The van der Waals surface area contributed by atoms with Gasteiger partial charge in [-0.1, -0.05) is 0 Å². The van der Waals surface area contributed by atoms with Crippen molar-refractivity contribution >= 4 is 10.1 Å². The summed E-state index contributed by atoms with van der Waals surface area (Å²) in [5.74, 6) is -0.257. The second kappa shape index (κ2) is 4.27. The number of fused-ring (bicyclic) bond motifs is 1. The third kappa shape index (κ3) is 2.47. The van der Waals surface area contributed by atoms with Crippen LogP contribution in [-0.2, 0) is 10.1 Å². The van der Waals surface area contributed by atoms with E-state index in [0.29, 0.717) is 5.56 Å². The zero-order valence-electron chi connectivity index (χ0n) is 9.64. The summed E-state index contributed by atoms with van der Waals surface area (Å²) in [6.07, 6.45) is -0.343. The molecule has 1 aliphatic heterocycles. The van der Waals surface area contributed by atoms with Crippen LogP contribution in [0.5, 0.6) is 11.5 Å². The van der Waals surface area contributed by atoms with Crippen LogP contribution < -0.4 is 14.7 Å². The molecule has 0 radical (unpaired) electrons. The quantitative estimate of drug-likeness (QED) is 0.664. The lowest BCUT2D eigenvalue weighted by molar-refractivity contribution is -0.0500. The largest absolute Gasteiger partial charge is 0.534 e. The topological polar surface area (TPSA) is 78.6 Å². The molecule has 0 spiro atoms. The first-order chi connectivity index (χ1) is 8.62. The van der Waals surface area contributed by atoms with Crippen LogP contribution in [0.1, 0.15) is 18.5 Å². The summed E-state index contributed by atoms with van der Waals surface area (Å²) < 4.78 is 67.4. The van der Waals surface area contributed by atoms with E-state index in [0.717, 1.165) is 12.1 Å². The Morgan fingerprint density at radius 1 is 1.37 bits per heavy atom. The number of halogens is 3. The van der Waals surface area contributed by atoms with E-state index >= 15 is 0 Å². The first-order valence-electron chi connectivity index (χ1n) is 5.19. The number of rotatable bonds is 2. The van der Waals surface area contributed by atoms with E-state index in [2.05, 4.69) is 4.18 Å². The molecule has 0 saturated heterocycles. The van der Waals surface area contributed by atoms with Gasteiger partial charge in [-0.3, -0.25) is 0 Å². The van der Waals surface area contributed by atoms with Crippen molar-refractivity contribution in [3.05, 3.63) is 23.8 Å². The van der Waals surface area contributed by atoms with Crippen LogP contribution >= 0.6 is 0 Å². The first-order valence-corrected chi connectivity index (χ1v) is 6.59. The summed E-state index contributed by atoms with van der Waals surface area (Å²) in [4.78, 5) is 0. The molecule has 19 heavy (non-hydrogen) atoms. The minimum atomic E-state index is -5.68. The number of hydrogen-bond donors (Lipinski definition) is 1. The summed E-state index contributed by atoms with van der Waals surface area (Å²) in [6.45, 7) is 1.69. The predicted molar refractivity (Wildman–Crippen MR) is 59.1 cm³/mol.